The topological polar surface area (TPSA) is 24.9 Å². The number of halogens is 1. The zero-order chi connectivity index (χ0) is 19.8. The van der Waals surface area contributed by atoms with E-state index in [1.54, 1.807) is 20.3 Å². The molecule has 1 heterocycles. The largest absolute Gasteiger partial charge is 0.493 e. The van der Waals surface area contributed by atoms with Gasteiger partial charge in [-0.05, 0) is 56.3 Å². The number of ether oxygens (including phenoxy) is 2. The van der Waals surface area contributed by atoms with Gasteiger partial charge in [-0.1, -0.05) is 18.2 Å². The van der Waals surface area contributed by atoms with Crippen molar-refractivity contribution in [2.24, 2.45) is 0 Å². The van der Waals surface area contributed by atoms with Crippen LogP contribution in [0.25, 0.3) is 0 Å². The highest BCUT2D eigenvalue weighted by atomic mass is 19.1. The summed E-state index contributed by atoms with van der Waals surface area (Å²) in [5, 5.41) is 0. The molecular weight excluding hydrogens is 355 g/mol. The molecule has 0 bridgehead atoms. The van der Waals surface area contributed by atoms with Gasteiger partial charge in [0.05, 0.1) is 14.2 Å². The lowest BCUT2D eigenvalue weighted by atomic mass is 9.93. The van der Waals surface area contributed by atoms with Crippen LogP contribution in [0.15, 0.2) is 36.4 Å². The molecule has 0 saturated carbocycles. The highest BCUT2D eigenvalue weighted by molar-refractivity contribution is 5.45. The van der Waals surface area contributed by atoms with Crippen LogP contribution >= 0.6 is 0 Å². The summed E-state index contributed by atoms with van der Waals surface area (Å²) in [6.07, 6.45) is 1.96. The lowest BCUT2D eigenvalue weighted by Gasteiger charge is -2.26. The van der Waals surface area contributed by atoms with Crippen molar-refractivity contribution in [2.45, 2.75) is 30.8 Å². The van der Waals surface area contributed by atoms with Gasteiger partial charge in [-0.2, -0.15) is 0 Å². The maximum atomic E-state index is 14.6. The van der Waals surface area contributed by atoms with E-state index < -0.39 is 0 Å². The molecule has 1 fully saturated rings. The van der Waals surface area contributed by atoms with Gasteiger partial charge < -0.3 is 14.4 Å². The maximum absolute atomic E-state index is 14.6. The van der Waals surface area contributed by atoms with E-state index in [1.807, 2.05) is 12.1 Å². The predicted molar refractivity (Wildman–Crippen MR) is 109 cm³/mol. The van der Waals surface area contributed by atoms with E-state index >= 15 is 0 Å². The average molecular weight is 384 g/mol. The van der Waals surface area contributed by atoms with Gasteiger partial charge in [0.15, 0.2) is 11.5 Å². The standard InChI is InChI=1S/C23H29FN2O2/c1-25(2)20-14-26(19-10-8-15-6-5-7-18(24)23(15)19)13-17(20)16-9-11-21(27-3)22(12-16)28-4/h5-7,9,11-12,17,19-20H,8,10,13-14H2,1-4H3/t17-,19?,20+/m1/s1. The Balaban J connectivity index is 1.64. The second-order valence-electron chi connectivity index (χ2n) is 8.07. The molecule has 4 nitrogen and oxygen atoms in total. The predicted octanol–water partition coefficient (Wildman–Crippen LogP) is 3.86. The van der Waals surface area contributed by atoms with Crippen molar-refractivity contribution in [2.75, 3.05) is 41.4 Å². The Kier molecular flexibility index (Phi) is 5.30. The Morgan fingerprint density at radius 1 is 1.04 bits per heavy atom. The van der Waals surface area contributed by atoms with E-state index in [0.717, 1.165) is 43.0 Å². The summed E-state index contributed by atoms with van der Waals surface area (Å²) >= 11 is 0. The van der Waals surface area contributed by atoms with Crippen LogP contribution in [-0.2, 0) is 6.42 Å². The number of likely N-dealkylation sites (N-methyl/N-ethyl adjacent to an activating group) is 1. The van der Waals surface area contributed by atoms with E-state index in [2.05, 4.69) is 42.1 Å². The number of benzene rings is 2. The van der Waals surface area contributed by atoms with Gasteiger partial charge in [0.25, 0.3) is 0 Å². The summed E-state index contributed by atoms with van der Waals surface area (Å²) in [7, 11) is 7.59. The molecule has 0 radical (unpaired) electrons. The Bertz CT molecular complexity index is 854. The molecule has 0 N–H and O–H groups in total. The van der Waals surface area contributed by atoms with Crippen molar-refractivity contribution >= 4 is 0 Å². The molecule has 150 valence electrons. The summed E-state index contributed by atoms with van der Waals surface area (Å²) in [5.74, 6) is 1.78. The van der Waals surface area contributed by atoms with Crippen molar-refractivity contribution in [3.63, 3.8) is 0 Å². The number of rotatable bonds is 5. The van der Waals surface area contributed by atoms with Gasteiger partial charge in [-0.3, -0.25) is 4.90 Å². The first-order valence-electron chi connectivity index (χ1n) is 9.93. The fraction of sp³-hybridized carbons (Fsp3) is 0.478. The molecule has 1 aliphatic heterocycles. The van der Waals surface area contributed by atoms with E-state index in [4.69, 9.17) is 9.47 Å². The van der Waals surface area contributed by atoms with Crippen molar-refractivity contribution in [1.82, 2.24) is 9.80 Å². The molecule has 4 rings (SSSR count). The first kappa shape index (κ1) is 19.2. The van der Waals surface area contributed by atoms with Crippen LogP contribution in [0.5, 0.6) is 11.5 Å². The Hall–Kier alpha value is -2.11. The Labute approximate surface area is 166 Å². The zero-order valence-electron chi connectivity index (χ0n) is 17.1. The van der Waals surface area contributed by atoms with Gasteiger partial charge in [-0.15, -0.1) is 0 Å². The fourth-order valence-electron chi connectivity index (χ4n) is 4.98. The van der Waals surface area contributed by atoms with E-state index in [0.29, 0.717) is 12.0 Å². The lowest BCUT2D eigenvalue weighted by Crippen LogP contribution is -2.35. The Morgan fingerprint density at radius 2 is 1.82 bits per heavy atom. The molecule has 0 amide bonds. The van der Waals surface area contributed by atoms with Crippen LogP contribution in [0, 0.1) is 5.82 Å². The van der Waals surface area contributed by atoms with Crippen LogP contribution in [0.3, 0.4) is 0 Å². The molecule has 0 aromatic heterocycles. The third-order valence-electron chi connectivity index (χ3n) is 6.42. The van der Waals surface area contributed by atoms with Crippen molar-refractivity contribution < 1.29 is 13.9 Å². The fourth-order valence-corrected chi connectivity index (χ4v) is 4.98. The molecule has 2 aromatic rings. The molecule has 1 aliphatic carbocycles. The number of methoxy groups -OCH3 is 2. The normalized spacial score (nSPS) is 24.6. The van der Waals surface area contributed by atoms with Crippen molar-refractivity contribution in [3.8, 4) is 11.5 Å². The van der Waals surface area contributed by atoms with Crippen LogP contribution in [-0.4, -0.2) is 57.2 Å². The summed E-state index contributed by atoms with van der Waals surface area (Å²) in [4.78, 5) is 4.76. The number of likely N-dealkylation sites (tertiary alicyclic amines) is 1. The van der Waals surface area contributed by atoms with E-state index in [1.165, 1.54) is 11.1 Å². The van der Waals surface area contributed by atoms with E-state index in [-0.39, 0.29) is 11.9 Å². The molecule has 2 aliphatic rings. The van der Waals surface area contributed by atoms with Crippen LogP contribution in [0.2, 0.25) is 0 Å². The quantitative estimate of drug-likeness (QED) is 0.782. The van der Waals surface area contributed by atoms with Gasteiger partial charge in [0.2, 0.25) is 0 Å². The molecule has 0 spiro atoms. The Morgan fingerprint density at radius 3 is 2.54 bits per heavy atom. The minimum Gasteiger partial charge on any atom is -0.493 e. The molecular formula is C23H29FN2O2. The second kappa shape index (κ2) is 7.72. The monoisotopic (exact) mass is 384 g/mol. The molecule has 3 atom stereocenters. The molecule has 1 saturated heterocycles. The highest BCUT2D eigenvalue weighted by Crippen LogP contribution is 2.43. The SMILES string of the molecule is COc1ccc([C@H]2CN(C3CCc4cccc(F)c43)C[C@@H]2N(C)C)cc1OC. The number of fused-ring (bicyclic) bond motifs is 1. The first-order chi connectivity index (χ1) is 13.5. The van der Waals surface area contributed by atoms with Crippen LogP contribution < -0.4 is 9.47 Å². The van der Waals surface area contributed by atoms with Gasteiger partial charge in [-0.25, -0.2) is 4.39 Å². The summed E-state index contributed by atoms with van der Waals surface area (Å²) < 4.78 is 25.5. The second-order valence-corrected chi connectivity index (χ2v) is 8.07. The van der Waals surface area contributed by atoms with E-state index in [9.17, 15) is 4.39 Å². The number of aryl methyl sites for hydroxylation is 1. The average Bonchev–Trinajstić information content (AvgIpc) is 3.32. The van der Waals surface area contributed by atoms with Crippen LogP contribution in [0.4, 0.5) is 4.39 Å². The summed E-state index contributed by atoms with van der Waals surface area (Å²) in [6.45, 7) is 1.85. The summed E-state index contributed by atoms with van der Waals surface area (Å²) in [5.41, 5.74) is 3.32. The zero-order valence-corrected chi connectivity index (χ0v) is 17.1. The van der Waals surface area contributed by atoms with Crippen molar-refractivity contribution in [3.05, 3.63) is 58.9 Å². The third kappa shape index (κ3) is 3.27. The van der Waals surface area contributed by atoms with Gasteiger partial charge >= 0.3 is 0 Å². The number of hydrogen-bond donors (Lipinski definition) is 0. The first-order valence-corrected chi connectivity index (χ1v) is 9.93. The minimum absolute atomic E-state index is 0.0593. The lowest BCUT2D eigenvalue weighted by molar-refractivity contribution is 0.213. The van der Waals surface area contributed by atoms with Gasteiger partial charge in [0, 0.05) is 36.7 Å². The molecule has 5 heteroatoms. The highest BCUT2D eigenvalue weighted by Gasteiger charge is 2.41. The third-order valence-corrected chi connectivity index (χ3v) is 6.42. The van der Waals surface area contributed by atoms with Crippen molar-refractivity contribution in [1.29, 1.82) is 0 Å². The molecule has 2 aromatic carbocycles. The smallest absolute Gasteiger partial charge is 0.160 e. The number of nitrogens with zero attached hydrogens (tertiary/aromatic N) is 2. The minimum atomic E-state index is -0.0593. The maximum Gasteiger partial charge on any atom is 0.160 e. The molecule has 28 heavy (non-hydrogen) atoms. The van der Waals surface area contributed by atoms with Gasteiger partial charge in [0.1, 0.15) is 5.82 Å². The summed E-state index contributed by atoms with van der Waals surface area (Å²) in [6, 6.07) is 12.2. The molecule has 1 unspecified atom stereocenters. The van der Waals surface area contributed by atoms with Crippen LogP contribution in [0.1, 0.15) is 35.1 Å². The number of hydrogen-bond acceptors (Lipinski definition) is 4.